The molecule has 0 spiro atoms. The number of hydrogen-bond acceptors (Lipinski definition) is 4. The van der Waals surface area contributed by atoms with Crippen LogP contribution in [0.15, 0.2) is 40.2 Å². The average molecular weight is 560 g/mol. The zero-order valence-corrected chi connectivity index (χ0v) is 22.6. The van der Waals surface area contributed by atoms with Gasteiger partial charge in [-0.25, -0.2) is 0 Å². The van der Waals surface area contributed by atoms with Gasteiger partial charge in [0.15, 0.2) is 5.96 Å². The first-order valence-corrected chi connectivity index (χ1v) is 12.9. The Morgan fingerprint density at radius 1 is 1.03 bits per heavy atom. The molecule has 1 N–H and O–H groups in total. The number of halogens is 1. The second kappa shape index (κ2) is 15.3. The van der Waals surface area contributed by atoms with Crippen LogP contribution in [0.4, 0.5) is 0 Å². The van der Waals surface area contributed by atoms with Crippen molar-refractivity contribution in [1.82, 2.24) is 20.0 Å². The van der Waals surface area contributed by atoms with Crippen LogP contribution in [-0.4, -0.2) is 91.9 Å². The second-order valence-electron chi connectivity index (χ2n) is 8.44. The van der Waals surface area contributed by atoms with Gasteiger partial charge in [-0.2, -0.15) is 0 Å². The summed E-state index contributed by atoms with van der Waals surface area (Å²) in [6.07, 6.45) is 3.71. The van der Waals surface area contributed by atoms with E-state index in [1.54, 1.807) is 0 Å². The van der Waals surface area contributed by atoms with Gasteiger partial charge in [0.1, 0.15) is 0 Å². The Labute approximate surface area is 211 Å². The summed E-state index contributed by atoms with van der Waals surface area (Å²) >= 11 is 1.99. The van der Waals surface area contributed by atoms with E-state index in [9.17, 15) is 0 Å². The first-order valence-electron chi connectivity index (χ1n) is 11.9. The van der Waals surface area contributed by atoms with E-state index in [4.69, 9.17) is 4.99 Å². The van der Waals surface area contributed by atoms with Gasteiger partial charge in [0, 0.05) is 63.0 Å². The minimum atomic E-state index is 0. The van der Waals surface area contributed by atoms with Crippen LogP contribution in [-0.2, 0) is 0 Å². The lowest BCUT2D eigenvalue weighted by atomic mass is 10.2. The van der Waals surface area contributed by atoms with Gasteiger partial charge in [0.05, 0.1) is 0 Å². The molecule has 0 bridgehead atoms. The molecule has 5 nitrogen and oxygen atoms in total. The molecule has 2 saturated heterocycles. The molecule has 0 saturated carbocycles. The monoisotopic (exact) mass is 559 g/mol. The van der Waals surface area contributed by atoms with Crippen molar-refractivity contribution in [3.8, 4) is 0 Å². The van der Waals surface area contributed by atoms with Crippen LogP contribution in [0.5, 0.6) is 0 Å². The van der Waals surface area contributed by atoms with Crippen molar-refractivity contribution in [2.75, 3.05) is 71.2 Å². The Balaban J connectivity index is 0.00000341. The highest BCUT2D eigenvalue weighted by atomic mass is 127. The normalized spacial score (nSPS) is 20.6. The van der Waals surface area contributed by atoms with Crippen molar-refractivity contribution >= 4 is 41.7 Å². The van der Waals surface area contributed by atoms with Crippen molar-refractivity contribution in [3.05, 3.63) is 30.3 Å². The fourth-order valence-corrected chi connectivity index (χ4v) is 5.33. The molecule has 3 rings (SSSR count). The highest BCUT2D eigenvalue weighted by Crippen LogP contribution is 2.25. The summed E-state index contributed by atoms with van der Waals surface area (Å²) in [6, 6.07) is 10.8. The van der Waals surface area contributed by atoms with Crippen molar-refractivity contribution in [2.45, 2.75) is 38.0 Å². The molecule has 176 valence electrons. The van der Waals surface area contributed by atoms with Crippen LogP contribution >= 0.6 is 35.7 Å². The Morgan fingerprint density at radius 2 is 1.77 bits per heavy atom. The number of nitrogens with zero attached hydrogens (tertiary/aromatic N) is 4. The molecule has 1 aromatic carbocycles. The number of likely N-dealkylation sites (tertiary alicyclic amines) is 1. The number of hydrogen-bond donors (Lipinski definition) is 1. The Bertz CT molecular complexity index is 622. The molecular formula is C24H42IN5S. The number of rotatable bonds is 10. The van der Waals surface area contributed by atoms with Gasteiger partial charge in [-0.1, -0.05) is 25.1 Å². The van der Waals surface area contributed by atoms with Gasteiger partial charge in [-0.3, -0.25) is 4.99 Å². The largest absolute Gasteiger partial charge is 0.357 e. The molecule has 1 atom stereocenters. The molecule has 2 heterocycles. The van der Waals surface area contributed by atoms with E-state index in [1.807, 2.05) is 11.8 Å². The molecule has 2 fully saturated rings. The van der Waals surface area contributed by atoms with E-state index in [-0.39, 0.29) is 24.0 Å². The summed E-state index contributed by atoms with van der Waals surface area (Å²) < 4.78 is 0. The lowest BCUT2D eigenvalue weighted by Gasteiger charge is -2.33. The molecule has 0 amide bonds. The van der Waals surface area contributed by atoms with Gasteiger partial charge in [-0.15, -0.1) is 35.7 Å². The standard InChI is InChI=1S/C24H41N5S.HI/c1-3-25-24(26-13-8-9-14-28-18-16-27(4-2)17-19-28)29-15-12-22(20-29)21-30-23-10-6-5-7-11-23;/h5-7,10-11,22H,3-4,8-9,12-21H2,1-2H3,(H,25,26);1H. The molecule has 1 unspecified atom stereocenters. The molecule has 7 heteroatoms. The molecule has 0 aromatic heterocycles. The van der Waals surface area contributed by atoms with Gasteiger partial charge >= 0.3 is 0 Å². The average Bonchev–Trinajstić information content (AvgIpc) is 3.27. The lowest BCUT2D eigenvalue weighted by molar-refractivity contribution is 0.136. The van der Waals surface area contributed by atoms with Crippen LogP contribution in [0.3, 0.4) is 0 Å². The number of piperazine rings is 1. The van der Waals surface area contributed by atoms with Gasteiger partial charge in [0.25, 0.3) is 0 Å². The van der Waals surface area contributed by atoms with Crippen LogP contribution in [0.1, 0.15) is 33.1 Å². The van der Waals surface area contributed by atoms with E-state index in [0.717, 1.165) is 38.1 Å². The Kier molecular flexibility index (Phi) is 13.2. The van der Waals surface area contributed by atoms with E-state index in [1.165, 1.54) is 69.2 Å². The predicted molar refractivity (Wildman–Crippen MR) is 146 cm³/mol. The number of guanidine groups is 1. The first kappa shape index (κ1) is 26.7. The zero-order valence-electron chi connectivity index (χ0n) is 19.5. The maximum atomic E-state index is 4.95. The molecule has 2 aliphatic heterocycles. The van der Waals surface area contributed by atoms with Crippen LogP contribution in [0.25, 0.3) is 0 Å². The lowest BCUT2D eigenvalue weighted by Crippen LogP contribution is -2.46. The summed E-state index contributed by atoms with van der Waals surface area (Å²) in [5.74, 6) is 3.08. The highest BCUT2D eigenvalue weighted by molar-refractivity contribution is 14.0. The Morgan fingerprint density at radius 3 is 2.48 bits per heavy atom. The van der Waals surface area contributed by atoms with E-state index in [2.05, 4.69) is 64.2 Å². The van der Waals surface area contributed by atoms with Gasteiger partial charge < -0.3 is 20.0 Å². The van der Waals surface area contributed by atoms with Gasteiger partial charge in [-0.05, 0) is 57.3 Å². The van der Waals surface area contributed by atoms with Crippen LogP contribution in [0.2, 0.25) is 0 Å². The number of thioether (sulfide) groups is 1. The third kappa shape index (κ3) is 9.48. The minimum Gasteiger partial charge on any atom is -0.357 e. The highest BCUT2D eigenvalue weighted by Gasteiger charge is 2.24. The summed E-state index contributed by atoms with van der Waals surface area (Å²) in [5.41, 5.74) is 0. The summed E-state index contributed by atoms with van der Waals surface area (Å²) in [4.78, 5) is 14.0. The summed E-state index contributed by atoms with van der Waals surface area (Å²) in [7, 11) is 0. The third-order valence-electron chi connectivity index (χ3n) is 6.21. The zero-order chi connectivity index (χ0) is 21.0. The fraction of sp³-hybridized carbons (Fsp3) is 0.708. The van der Waals surface area contributed by atoms with Crippen molar-refractivity contribution in [2.24, 2.45) is 10.9 Å². The van der Waals surface area contributed by atoms with E-state index < -0.39 is 0 Å². The minimum absolute atomic E-state index is 0. The number of likely N-dealkylation sites (N-methyl/N-ethyl adjacent to an activating group) is 1. The SMILES string of the molecule is CCNC(=NCCCCN1CCN(CC)CC1)N1CCC(CSc2ccccc2)C1.I. The summed E-state index contributed by atoms with van der Waals surface area (Å²) in [6.45, 7) is 15.9. The number of unbranched alkanes of at least 4 members (excludes halogenated alkanes) is 1. The third-order valence-corrected chi connectivity index (χ3v) is 7.45. The first-order chi connectivity index (χ1) is 14.8. The number of aliphatic imine (C=N–C) groups is 1. The van der Waals surface area contributed by atoms with Crippen molar-refractivity contribution in [1.29, 1.82) is 0 Å². The van der Waals surface area contributed by atoms with E-state index in [0.29, 0.717) is 0 Å². The molecule has 0 aliphatic carbocycles. The van der Waals surface area contributed by atoms with Crippen LogP contribution in [0, 0.1) is 5.92 Å². The maximum absolute atomic E-state index is 4.95. The smallest absolute Gasteiger partial charge is 0.193 e. The quantitative estimate of drug-likeness (QED) is 0.154. The Hall–Kier alpha value is -0.510. The number of nitrogens with one attached hydrogen (secondary N) is 1. The molecular weight excluding hydrogens is 517 g/mol. The predicted octanol–water partition coefficient (Wildman–Crippen LogP) is 4.10. The maximum Gasteiger partial charge on any atom is 0.193 e. The van der Waals surface area contributed by atoms with Crippen LogP contribution < -0.4 is 5.32 Å². The topological polar surface area (TPSA) is 34.1 Å². The molecule has 0 radical (unpaired) electrons. The van der Waals surface area contributed by atoms with Gasteiger partial charge in [0.2, 0.25) is 0 Å². The van der Waals surface area contributed by atoms with Crippen molar-refractivity contribution < 1.29 is 0 Å². The second-order valence-corrected chi connectivity index (χ2v) is 9.54. The number of benzene rings is 1. The molecule has 2 aliphatic rings. The molecule has 1 aromatic rings. The van der Waals surface area contributed by atoms with E-state index >= 15 is 0 Å². The molecule has 31 heavy (non-hydrogen) atoms. The summed E-state index contributed by atoms with van der Waals surface area (Å²) in [5, 5.41) is 3.52. The fourth-order valence-electron chi connectivity index (χ4n) is 4.28. The van der Waals surface area contributed by atoms with Crippen molar-refractivity contribution in [3.63, 3.8) is 0 Å².